The molecular formula is C17H25ClN5O6P. The van der Waals surface area contributed by atoms with Gasteiger partial charge in [0.05, 0.1) is 12.4 Å². The smallest absolute Gasteiger partial charge is 0.325 e. The van der Waals surface area contributed by atoms with Crippen molar-refractivity contribution in [3.05, 3.63) is 11.6 Å². The third-order valence-electron chi connectivity index (χ3n) is 5.64. The minimum Gasteiger partial charge on any atom is -0.388 e. The molecule has 13 heteroatoms. The van der Waals surface area contributed by atoms with Crippen molar-refractivity contribution in [2.75, 3.05) is 11.5 Å². The number of hydrogen-bond acceptors (Lipinski definition) is 8. The van der Waals surface area contributed by atoms with Crippen molar-refractivity contribution in [1.29, 1.82) is 0 Å². The molecule has 1 aliphatic carbocycles. The van der Waals surface area contributed by atoms with E-state index in [-0.39, 0.29) is 30.3 Å². The maximum Gasteiger partial charge on any atom is 0.325 e. The topological polar surface area (TPSA) is 163 Å². The van der Waals surface area contributed by atoms with Crippen LogP contribution in [-0.4, -0.2) is 70.0 Å². The Morgan fingerprint density at radius 2 is 1.97 bits per heavy atom. The fourth-order valence-electron chi connectivity index (χ4n) is 4.14. The van der Waals surface area contributed by atoms with E-state index in [1.54, 1.807) is 0 Å². The second kappa shape index (κ2) is 8.66. The van der Waals surface area contributed by atoms with E-state index in [1.165, 1.54) is 10.9 Å². The molecule has 11 nitrogen and oxygen atoms in total. The normalized spacial score (nSPS) is 27.9. The zero-order valence-electron chi connectivity index (χ0n) is 16.1. The van der Waals surface area contributed by atoms with Crippen molar-refractivity contribution in [2.24, 2.45) is 0 Å². The third kappa shape index (κ3) is 4.62. The number of aliphatic hydroxyl groups is 2. The fourth-order valence-corrected chi connectivity index (χ4v) is 4.90. The summed E-state index contributed by atoms with van der Waals surface area (Å²) in [6, 6.07) is 0.290. The molecule has 1 aliphatic heterocycles. The molecule has 4 rings (SSSR count). The summed E-state index contributed by atoms with van der Waals surface area (Å²) in [6.45, 7) is 0. The van der Waals surface area contributed by atoms with Crippen LogP contribution in [0.5, 0.6) is 0 Å². The molecule has 1 saturated heterocycles. The first-order valence-electron chi connectivity index (χ1n) is 9.96. The molecule has 0 radical (unpaired) electrons. The van der Waals surface area contributed by atoms with Gasteiger partial charge >= 0.3 is 7.60 Å². The Morgan fingerprint density at radius 3 is 2.67 bits per heavy atom. The van der Waals surface area contributed by atoms with Crippen LogP contribution in [-0.2, 0) is 9.30 Å². The molecule has 4 atom stereocenters. The molecule has 1 saturated carbocycles. The summed E-state index contributed by atoms with van der Waals surface area (Å²) in [5.41, 5.74) is 0.851. The van der Waals surface area contributed by atoms with Crippen LogP contribution in [0.4, 0.5) is 5.82 Å². The lowest BCUT2D eigenvalue weighted by Gasteiger charge is -2.17. The molecule has 2 aromatic rings. The van der Waals surface area contributed by atoms with E-state index >= 15 is 0 Å². The van der Waals surface area contributed by atoms with Gasteiger partial charge in [-0.2, -0.15) is 9.97 Å². The number of aliphatic hydroxyl groups excluding tert-OH is 2. The van der Waals surface area contributed by atoms with Gasteiger partial charge in [0.2, 0.25) is 5.28 Å². The Hall–Kier alpha value is -1.33. The summed E-state index contributed by atoms with van der Waals surface area (Å²) >= 11 is 6.12. The number of rotatable bonds is 7. The van der Waals surface area contributed by atoms with Crippen LogP contribution in [0.3, 0.4) is 0 Å². The van der Waals surface area contributed by atoms with Crippen molar-refractivity contribution < 1.29 is 29.3 Å². The molecule has 0 spiro atoms. The Kier molecular flexibility index (Phi) is 6.32. The minimum absolute atomic E-state index is 0.0241. The van der Waals surface area contributed by atoms with Crippen LogP contribution in [0.15, 0.2) is 6.33 Å². The molecule has 2 fully saturated rings. The van der Waals surface area contributed by atoms with Crippen molar-refractivity contribution in [3.8, 4) is 0 Å². The highest BCUT2D eigenvalue weighted by atomic mass is 35.5. The molecule has 5 N–H and O–H groups in total. The van der Waals surface area contributed by atoms with Gasteiger partial charge in [0.1, 0.15) is 12.2 Å². The number of ether oxygens (including phenoxy) is 1. The van der Waals surface area contributed by atoms with Crippen molar-refractivity contribution in [1.82, 2.24) is 19.5 Å². The lowest BCUT2D eigenvalue weighted by Crippen LogP contribution is -2.31. The van der Waals surface area contributed by atoms with Crippen LogP contribution in [0.2, 0.25) is 5.28 Å². The largest absolute Gasteiger partial charge is 0.388 e. The molecule has 3 heterocycles. The lowest BCUT2D eigenvalue weighted by molar-refractivity contribution is -0.0370. The van der Waals surface area contributed by atoms with Crippen molar-refractivity contribution in [3.63, 3.8) is 0 Å². The molecule has 2 aromatic heterocycles. The van der Waals surface area contributed by atoms with Gasteiger partial charge in [0.15, 0.2) is 23.2 Å². The Morgan fingerprint density at radius 1 is 1.23 bits per heavy atom. The monoisotopic (exact) mass is 461 g/mol. The number of anilines is 1. The number of halogens is 1. The van der Waals surface area contributed by atoms with E-state index in [9.17, 15) is 14.8 Å². The van der Waals surface area contributed by atoms with E-state index in [2.05, 4.69) is 20.3 Å². The summed E-state index contributed by atoms with van der Waals surface area (Å²) in [7, 11) is -4.13. The van der Waals surface area contributed by atoms with E-state index < -0.39 is 32.1 Å². The minimum atomic E-state index is -4.13. The van der Waals surface area contributed by atoms with E-state index in [4.69, 9.17) is 26.1 Å². The highest BCUT2D eigenvalue weighted by Gasteiger charge is 2.44. The number of aromatic nitrogens is 4. The molecule has 0 aromatic carbocycles. The van der Waals surface area contributed by atoms with E-state index in [0.717, 1.165) is 25.7 Å². The Balaban J connectivity index is 1.55. The predicted octanol–water partition coefficient (Wildman–Crippen LogP) is 1.41. The SMILES string of the molecule is O=P(O)(O)CCC[C@H]1O[C@@H](n2cnc3c(NC4CCCC4)nc(Cl)nc32)C(O)C1O. The number of imidazole rings is 1. The fraction of sp³-hybridized carbons (Fsp3) is 0.706. The zero-order chi connectivity index (χ0) is 21.5. The summed E-state index contributed by atoms with van der Waals surface area (Å²) in [4.78, 5) is 30.9. The molecule has 0 bridgehead atoms. The number of nitrogens with zero attached hydrogens (tertiary/aromatic N) is 4. The summed E-state index contributed by atoms with van der Waals surface area (Å²) in [6.07, 6.45) is 1.65. The third-order valence-corrected chi connectivity index (χ3v) is 6.71. The zero-order valence-corrected chi connectivity index (χ0v) is 17.8. The maximum atomic E-state index is 11.0. The van der Waals surface area contributed by atoms with Gasteiger partial charge in [0, 0.05) is 12.2 Å². The van der Waals surface area contributed by atoms with Crippen LogP contribution in [0.1, 0.15) is 44.8 Å². The second-order valence-electron chi connectivity index (χ2n) is 7.87. The highest BCUT2D eigenvalue weighted by molar-refractivity contribution is 7.51. The van der Waals surface area contributed by atoms with Gasteiger partial charge in [-0.05, 0) is 37.3 Å². The van der Waals surface area contributed by atoms with Gasteiger partial charge in [-0.25, -0.2) is 4.98 Å². The molecule has 30 heavy (non-hydrogen) atoms. The predicted molar refractivity (Wildman–Crippen MR) is 108 cm³/mol. The quantitative estimate of drug-likeness (QED) is 0.301. The number of fused-ring (bicyclic) bond motifs is 1. The highest BCUT2D eigenvalue weighted by Crippen LogP contribution is 2.38. The lowest BCUT2D eigenvalue weighted by atomic mass is 10.1. The number of nitrogens with one attached hydrogen (secondary N) is 1. The maximum absolute atomic E-state index is 11.0. The first-order chi connectivity index (χ1) is 14.2. The van der Waals surface area contributed by atoms with Gasteiger partial charge in [0.25, 0.3) is 0 Å². The average Bonchev–Trinajstić information content (AvgIpc) is 3.37. The summed E-state index contributed by atoms with van der Waals surface area (Å²) in [5.74, 6) is 0.516. The summed E-state index contributed by atoms with van der Waals surface area (Å²) in [5, 5.41) is 24.3. The molecule has 2 unspecified atom stereocenters. The van der Waals surface area contributed by atoms with Gasteiger partial charge < -0.3 is 30.1 Å². The van der Waals surface area contributed by atoms with E-state index in [0.29, 0.717) is 17.0 Å². The van der Waals surface area contributed by atoms with Crippen LogP contribution < -0.4 is 5.32 Å². The Bertz CT molecular complexity index is 948. The molecule has 0 amide bonds. The van der Waals surface area contributed by atoms with Gasteiger partial charge in [-0.1, -0.05) is 12.8 Å². The standard InChI is InChI=1S/C17H25ClN5O6P/c18-17-21-14(20-9-4-1-2-5-9)11-15(22-17)23(8-19-11)16-13(25)12(24)10(29-16)6-3-7-30(26,27)28/h8-10,12-13,16,24-25H,1-7H2,(H,20,21,22)(H2,26,27,28)/t10-,12?,13?,16-/m1/s1. The van der Waals surface area contributed by atoms with Gasteiger partial charge in [-0.3, -0.25) is 9.13 Å². The second-order valence-corrected chi connectivity index (χ2v) is 9.98. The van der Waals surface area contributed by atoms with Gasteiger partial charge in [-0.15, -0.1) is 0 Å². The van der Waals surface area contributed by atoms with E-state index in [1.807, 2.05) is 0 Å². The molecule has 166 valence electrons. The Labute approximate surface area is 177 Å². The van der Waals surface area contributed by atoms with Crippen molar-refractivity contribution in [2.45, 2.75) is 69.1 Å². The molecule has 2 aliphatic rings. The van der Waals surface area contributed by atoms with Crippen LogP contribution >= 0.6 is 19.2 Å². The number of hydrogen-bond donors (Lipinski definition) is 5. The molecular weight excluding hydrogens is 437 g/mol. The van der Waals surface area contributed by atoms with Crippen LogP contribution in [0, 0.1) is 0 Å². The van der Waals surface area contributed by atoms with Crippen LogP contribution in [0.25, 0.3) is 11.2 Å². The van der Waals surface area contributed by atoms with Crippen molar-refractivity contribution >= 4 is 36.2 Å². The first-order valence-corrected chi connectivity index (χ1v) is 12.1. The first kappa shape index (κ1) is 21.9. The average molecular weight is 462 g/mol. The summed E-state index contributed by atoms with van der Waals surface area (Å²) < 4.78 is 18.3.